The van der Waals surface area contributed by atoms with Crippen LogP contribution in [0.15, 0.2) is 35.1 Å². The van der Waals surface area contributed by atoms with E-state index in [4.69, 9.17) is 11.6 Å². The summed E-state index contributed by atoms with van der Waals surface area (Å²) in [5.41, 5.74) is 0.391. The van der Waals surface area contributed by atoms with E-state index in [0.29, 0.717) is 5.69 Å². The van der Waals surface area contributed by atoms with Crippen LogP contribution in [0.25, 0.3) is 0 Å². The first-order chi connectivity index (χ1) is 9.47. The van der Waals surface area contributed by atoms with Crippen molar-refractivity contribution >= 4 is 44.8 Å². The summed E-state index contributed by atoms with van der Waals surface area (Å²) in [5.74, 6) is -0.491. The number of benzene rings is 1. The molecule has 1 aromatic heterocycles. The van der Waals surface area contributed by atoms with Gasteiger partial charge in [0.1, 0.15) is 10.8 Å². The lowest BCUT2D eigenvalue weighted by molar-refractivity contribution is -0.385. The van der Waals surface area contributed by atoms with Crippen LogP contribution in [0, 0.1) is 10.1 Å². The number of hydrogen-bond acceptors (Lipinski definition) is 5. The van der Waals surface area contributed by atoms with Crippen LogP contribution >= 0.6 is 27.5 Å². The largest absolute Gasteiger partial charge is 0.321 e. The zero-order chi connectivity index (χ0) is 14.7. The average Bonchev–Trinajstić information content (AvgIpc) is 2.39. The number of nitrogens with one attached hydrogen (secondary N) is 1. The molecule has 0 bridgehead atoms. The molecule has 0 unspecified atom stereocenters. The summed E-state index contributed by atoms with van der Waals surface area (Å²) in [6.45, 7) is 0. The van der Waals surface area contributed by atoms with E-state index in [1.807, 2.05) is 0 Å². The van der Waals surface area contributed by atoms with Crippen molar-refractivity contribution in [2.45, 2.75) is 0 Å². The Balaban J connectivity index is 2.18. The van der Waals surface area contributed by atoms with Crippen LogP contribution in [-0.2, 0) is 0 Å². The first kappa shape index (κ1) is 14.4. The van der Waals surface area contributed by atoms with Gasteiger partial charge in [-0.15, -0.1) is 0 Å². The van der Waals surface area contributed by atoms with E-state index in [-0.39, 0.29) is 21.0 Å². The van der Waals surface area contributed by atoms with Gasteiger partial charge in [0.25, 0.3) is 11.6 Å². The number of carbonyl (C=O) groups is 1. The normalized spacial score (nSPS) is 10.1. The zero-order valence-corrected chi connectivity index (χ0v) is 12.1. The van der Waals surface area contributed by atoms with Gasteiger partial charge in [-0.2, -0.15) is 0 Å². The van der Waals surface area contributed by atoms with E-state index in [1.165, 1.54) is 30.6 Å². The number of nitro benzene ring substituents is 1. The monoisotopic (exact) mass is 356 g/mol. The Morgan fingerprint density at radius 1 is 1.35 bits per heavy atom. The number of hydrogen-bond donors (Lipinski definition) is 1. The van der Waals surface area contributed by atoms with Crippen LogP contribution in [0.1, 0.15) is 10.5 Å². The molecule has 2 aromatic rings. The van der Waals surface area contributed by atoms with Crippen molar-refractivity contribution in [3.8, 4) is 0 Å². The number of nitro groups is 1. The fraction of sp³-hybridized carbons (Fsp3) is 0. The molecular formula is C11H6BrClN4O3. The van der Waals surface area contributed by atoms with Crippen molar-refractivity contribution in [1.29, 1.82) is 0 Å². The molecule has 0 aliphatic carbocycles. The van der Waals surface area contributed by atoms with Gasteiger partial charge in [0.15, 0.2) is 0 Å². The lowest BCUT2D eigenvalue weighted by atomic mass is 10.2. The molecule has 102 valence electrons. The molecule has 1 amide bonds. The van der Waals surface area contributed by atoms with Crippen molar-refractivity contribution in [3.05, 3.63) is 56.0 Å². The fourth-order valence-electron chi connectivity index (χ4n) is 1.36. The lowest BCUT2D eigenvalue weighted by Gasteiger charge is -2.05. The summed E-state index contributed by atoms with van der Waals surface area (Å²) in [6.07, 6.45) is 2.49. The van der Waals surface area contributed by atoms with Crippen LogP contribution in [0.2, 0.25) is 5.15 Å². The first-order valence-corrected chi connectivity index (χ1v) is 6.37. The predicted molar refractivity (Wildman–Crippen MR) is 75.8 cm³/mol. The minimum Gasteiger partial charge on any atom is -0.321 e. The molecular weight excluding hydrogens is 352 g/mol. The Hall–Kier alpha value is -2.06. The molecule has 0 saturated heterocycles. The molecule has 0 aliphatic heterocycles. The Labute approximate surface area is 126 Å². The molecule has 0 radical (unpaired) electrons. The number of rotatable bonds is 3. The summed E-state index contributed by atoms with van der Waals surface area (Å²) in [4.78, 5) is 29.5. The molecule has 0 atom stereocenters. The molecule has 1 aromatic carbocycles. The Kier molecular flexibility index (Phi) is 4.26. The standard InChI is InChI=1S/C11H6BrClN4O3/c12-7-3-6(1-2-9(7)17(19)20)16-11(18)8-4-15-10(13)5-14-8/h1-5H,(H,16,18). The molecule has 7 nitrogen and oxygen atoms in total. The van der Waals surface area contributed by atoms with Gasteiger partial charge in [0, 0.05) is 11.8 Å². The van der Waals surface area contributed by atoms with E-state index in [0.717, 1.165) is 0 Å². The second-order valence-corrected chi connectivity index (χ2v) is 4.84. The topological polar surface area (TPSA) is 98.0 Å². The molecule has 1 N–H and O–H groups in total. The first-order valence-electron chi connectivity index (χ1n) is 5.20. The summed E-state index contributed by atoms with van der Waals surface area (Å²) in [5, 5.41) is 13.4. The van der Waals surface area contributed by atoms with Gasteiger partial charge < -0.3 is 5.32 Å². The van der Waals surface area contributed by atoms with Gasteiger partial charge in [-0.3, -0.25) is 14.9 Å². The maximum atomic E-state index is 11.8. The molecule has 9 heteroatoms. The minimum absolute atomic E-state index is 0.0869. The summed E-state index contributed by atoms with van der Waals surface area (Å²) in [7, 11) is 0. The average molecular weight is 358 g/mol. The maximum absolute atomic E-state index is 11.8. The minimum atomic E-state index is -0.527. The van der Waals surface area contributed by atoms with E-state index in [1.54, 1.807) is 0 Å². The maximum Gasteiger partial charge on any atom is 0.283 e. The lowest BCUT2D eigenvalue weighted by Crippen LogP contribution is -2.14. The van der Waals surface area contributed by atoms with Crippen LogP contribution in [-0.4, -0.2) is 20.8 Å². The second kappa shape index (κ2) is 5.93. The van der Waals surface area contributed by atoms with Crippen molar-refractivity contribution < 1.29 is 9.72 Å². The highest BCUT2D eigenvalue weighted by Gasteiger charge is 2.14. The predicted octanol–water partition coefficient (Wildman–Crippen LogP) is 3.05. The zero-order valence-electron chi connectivity index (χ0n) is 9.71. The number of aromatic nitrogens is 2. The third-order valence-corrected chi connectivity index (χ3v) is 3.09. The number of amides is 1. The van der Waals surface area contributed by atoms with E-state index < -0.39 is 10.8 Å². The van der Waals surface area contributed by atoms with E-state index in [2.05, 4.69) is 31.2 Å². The molecule has 0 aliphatic rings. The molecule has 0 fully saturated rings. The van der Waals surface area contributed by atoms with Crippen molar-refractivity contribution in [3.63, 3.8) is 0 Å². The van der Waals surface area contributed by atoms with E-state index >= 15 is 0 Å². The van der Waals surface area contributed by atoms with Crippen LogP contribution in [0.4, 0.5) is 11.4 Å². The van der Waals surface area contributed by atoms with Crippen molar-refractivity contribution in [2.24, 2.45) is 0 Å². The number of carbonyl (C=O) groups excluding carboxylic acids is 1. The highest BCUT2D eigenvalue weighted by atomic mass is 79.9. The molecule has 20 heavy (non-hydrogen) atoms. The molecule has 2 rings (SSSR count). The van der Waals surface area contributed by atoms with E-state index in [9.17, 15) is 14.9 Å². The highest BCUT2D eigenvalue weighted by Crippen LogP contribution is 2.27. The van der Waals surface area contributed by atoms with Crippen molar-refractivity contribution in [1.82, 2.24) is 9.97 Å². The Morgan fingerprint density at radius 2 is 2.10 bits per heavy atom. The highest BCUT2D eigenvalue weighted by molar-refractivity contribution is 9.10. The summed E-state index contributed by atoms with van der Waals surface area (Å²) in [6, 6.07) is 4.14. The van der Waals surface area contributed by atoms with Gasteiger partial charge >= 0.3 is 0 Å². The van der Waals surface area contributed by atoms with Gasteiger partial charge in [0.2, 0.25) is 0 Å². The van der Waals surface area contributed by atoms with Gasteiger partial charge in [-0.25, -0.2) is 9.97 Å². The number of halogens is 2. The Bertz CT molecular complexity index is 678. The fourth-order valence-corrected chi connectivity index (χ4v) is 1.98. The number of anilines is 1. The molecule has 1 heterocycles. The quantitative estimate of drug-likeness (QED) is 0.672. The summed E-state index contributed by atoms with van der Waals surface area (Å²) < 4.78 is 0.266. The molecule has 0 saturated carbocycles. The third kappa shape index (κ3) is 3.28. The van der Waals surface area contributed by atoms with Gasteiger partial charge in [0.05, 0.1) is 21.8 Å². The number of nitrogens with zero attached hydrogens (tertiary/aromatic N) is 3. The summed E-state index contributed by atoms with van der Waals surface area (Å²) >= 11 is 8.63. The second-order valence-electron chi connectivity index (χ2n) is 3.60. The smallest absolute Gasteiger partial charge is 0.283 e. The van der Waals surface area contributed by atoms with Crippen LogP contribution < -0.4 is 5.32 Å². The Morgan fingerprint density at radius 3 is 2.65 bits per heavy atom. The van der Waals surface area contributed by atoms with Crippen LogP contribution in [0.3, 0.4) is 0 Å². The van der Waals surface area contributed by atoms with Crippen molar-refractivity contribution in [2.75, 3.05) is 5.32 Å². The SMILES string of the molecule is O=C(Nc1ccc([N+](=O)[O-])c(Br)c1)c1cnc(Cl)cn1. The molecule has 0 spiro atoms. The van der Waals surface area contributed by atoms with Gasteiger partial charge in [-0.1, -0.05) is 11.6 Å². The van der Waals surface area contributed by atoms with Gasteiger partial charge in [-0.05, 0) is 28.1 Å². The van der Waals surface area contributed by atoms with Crippen LogP contribution in [0.5, 0.6) is 0 Å². The third-order valence-electron chi connectivity index (χ3n) is 2.26.